The molecule has 0 unspecified atom stereocenters. The second-order valence-corrected chi connectivity index (χ2v) is 3.42. The highest BCUT2D eigenvalue weighted by molar-refractivity contribution is 5.85. The van der Waals surface area contributed by atoms with E-state index >= 15 is 0 Å². The summed E-state index contributed by atoms with van der Waals surface area (Å²) in [6.07, 6.45) is -4.98. The molecule has 1 aliphatic heterocycles. The molecular weight excluding hydrogens is 259 g/mol. The van der Waals surface area contributed by atoms with Crippen LogP contribution in [0.25, 0.3) is 0 Å². The molecule has 17 heavy (non-hydrogen) atoms. The molecule has 1 aromatic carbocycles. The zero-order valence-corrected chi connectivity index (χ0v) is 9.27. The number of benzene rings is 1. The summed E-state index contributed by atoms with van der Waals surface area (Å²) in [5.41, 5.74) is -0.341. The standard InChI is InChI=1S/C10H8F3NO2.ClH/c11-10(12,13)7-3-1-2-6(4-7)8-5-16-9(15)14-8;/h1-4,8H,5H2,(H,14,15);1H/t8-;/m0./s1. The number of ether oxygens (including phenoxy) is 1. The molecule has 0 aromatic heterocycles. The minimum atomic E-state index is -4.38. The highest BCUT2D eigenvalue weighted by atomic mass is 35.5. The Bertz CT molecular complexity index is 422. The van der Waals surface area contributed by atoms with E-state index in [0.29, 0.717) is 5.56 Å². The van der Waals surface area contributed by atoms with Gasteiger partial charge in [-0.25, -0.2) is 4.79 Å². The molecule has 1 saturated heterocycles. The van der Waals surface area contributed by atoms with Gasteiger partial charge in [0.05, 0.1) is 11.6 Å². The molecule has 94 valence electrons. The van der Waals surface area contributed by atoms with Gasteiger partial charge in [-0.15, -0.1) is 12.4 Å². The maximum atomic E-state index is 12.4. The molecule has 0 aliphatic carbocycles. The normalized spacial score (nSPS) is 19.2. The first-order valence-corrected chi connectivity index (χ1v) is 4.57. The number of hydrogen-bond acceptors (Lipinski definition) is 2. The lowest BCUT2D eigenvalue weighted by atomic mass is 10.0. The Hall–Kier alpha value is -1.43. The number of alkyl halides is 3. The van der Waals surface area contributed by atoms with Crippen LogP contribution >= 0.6 is 12.4 Å². The van der Waals surface area contributed by atoms with Crippen molar-refractivity contribution in [2.75, 3.05) is 6.61 Å². The van der Waals surface area contributed by atoms with Crippen LogP contribution in [0.3, 0.4) is 0 Å². The van der Waals surface area contributed by atoms with Crippen molar-refractivity contribution < 1.29 is 22.7 Å². The van der Waals surface area contributed by atoms with E-state index in [9.17, 15) is 18.0 Å². The quantitative estimate of drug-likeness (QED) is 0.850. The van der Waals surface area contributed by atoms with E-state index in [4.69, 9.17) is 0 Å². The van der Waals surface area contributed by atoms with E-state index in [1.54, 1.807) is 0 Å². The predicted octanol–water partition coefficient (Wildman–Crippen LogP) is 2.91. The molecule has 1 atom stereocenters. The van der Waals surface area contributed by atoms with Gasteiger partial charge in [0.1, 0.15) is 6.61 Å². The lowest BCUT2D eigenvalue weighted by molar-refractivity contribution is -0.137. The van der Waals surface area contributed by atoms with Crippen LogP contribution in [0.15, 0.2) is 24.3 Å². The largest absolute Gasteiger partial charge is 0.447 e. The Morgan fingerprint density at radius 2 is 2.06 bits per heavy atom. The highest BCUT2D eigenvalue weighted by Crippen LogP contribution is 2.31. The first kappa shape index (κ1) is 13.6. The predicted molar refractivity (Wildman–Crippen MR) is 55.9 cm³/mol. The number of hydrogen-bond donors (Lipinski definition) is 1. The van der Waals surface area contributed by atoms with Gasteiger partial charge < -0.3 is 10.1 Å². The van der Waals surface area contributed by atoms with Crippen molar-refractivity contribution in [3.05, 3.63) is 35.4 Å². The third-order valence-electron chi connectivity index (χ3n) is 2.29. The van der Waals surface area contributed by atoms with Crippen molar-refractivity contribution in [2.45, 2.75) is 12.2 Å². The minimum Gasteiger partial charge on any atom is -0.447 e. The topological polar surface area (TPSA) is 38.3 Å². The second kappa shape index (κ2) is 4.83. The molecule has 1 fully saturated rings. The Labute approximate surface area is 101 Å². The summed E-state index contributed by atoms with van der Waals surface area (Å²) in [6, 6.07) is 4.33. The van der Waals surface area contributed by atoms with Gasteiger partial charge in [0.15, 0.2) is 0 Å². The third kappa shape index (κ3) is 3.03. The van der Waals surface area contributed by atoms with Gasteiger partial charge in [-0.3, -0.25) is 0 Å². The maximum Gasteiger partial charge on any atom is 0.416 e. The molecule has 3 nitrogen and oxygen atoms in total. The van der Waals surface area contributed by atoms with E-state index < -0.39 is 23.9 Å². The zero-order valence-electron chi connectivity index (χ0n) is 8.45. The molecule has 2 rings (SSSR count). The fraction of sp³-hybridized carbons (Fsp3) is 0.300. The Morgan fingerprint density at radius 3 is 2.59 bits per heavy atom. The monoisotopic (exact) mass is 267 g/mol. The van der Waals surface area contributed by atoms with Crippen molar-refractivity contribution in [3.8, 4) is 0 Å². The molecule has 7 heteroatoms. The smallest absolute Gasteiger partial charge is 0.416 e. The molecule has 1 heterocycles. The van der Waals surface area contributed by atoms with Crippen LogP contribution in [-0.4, -0.2) is 12.7 Å². The van der Waals surface area contributed by atoms with Crippen LogP contribution in [0, 0.1) is 0 Å². The average molecular weight is 268 g/mol. The fourth-order valence-electron chi connectivity index (χ4n) is 1.50. The molecule has 0 bridgehead atoms. The summed E-state index contributed by atoms with van der Waals surface area (Å²) in [6.45, 7) is 0.0557. The summed E-state index contributed by atoms with van der Waals surface area (Å²) in [5, 5.41) is 2.42. The number of carbonyl (C=O) groups excluding carboxylic acids is 1. The van der Waals surface area contributed by atoms with Crippen LogP contribution in [0.4, 0.5) is 18.0 Å². The number of rotatable bonds is 1. The van der Waals surface area contributed by atoms with Crippen molar-refractivity contribution in [1.82, 2.24) is 5.32 Å². The number of carbonyl (C=O) groups is 1. The van der Waals surface area contributed by atoms with Gasteiger partial charge in [-0.05, 0) is 17.7 Å². The molecule has 0 saturated carbocycles. The number of alkyl carbamates (subject to hydrolysis) is 1. The number of nitrogens with one attached hydrogen (secondary N) is 1. The van der Waals surface area contributed by atoms with Gasteiger partial charge >= 0.3 is 12.3 Å². The van der Waals surface area contributed by atoms with E-state index in [-0.39, 0.29) is 19.0 Å². The molecule has 1 N–H and O–H groups in total. The first-order valence-electron chi connectivity index (χ1n) is 4.57. The van der Waals surface area contributed by atoms with E-state index in [1.165, 1.54) is 12.1 Å². The van der Waals surface area contributed by atoms with Crippen LogP contribution in [0.1, 0.15) is 17.2 Å². The minimum absolute atomic E-state index is 0. The van der Waals surface area contributed by atoms with Crippen LogP contribution < -0.4 is 5.32 Å². The van der Waals surface area contributed by atoms with E-state index in [2.05, 4.69) is 10.1 Å². The van der Waals surface area contributed by atoms with Crippen molar-refractivity contribution >= 4 is 18.5 Å². The first-order chi connectivity index (χ1) is 7.47. The molecule has 1 amide bonds. The average Bonchev–Trinajstić information content (AvgIpc) is 2.64. The fourth-order valence-corrected chi connectivity index (χ4v) is 1.50. The highest BCUT2D eigenvalue weighted by Gasteiger charge is 2.32. The van der Waals surface area contributed by atoms with Crippen molar-refractivity contribution in [1.29, 1.82) is 0 Å². The van der Waals surface area contributed by atoms with Crippen molar-refractivity contribution in [2.24, 2.45) is 0 Å². The van der Waals surface area contributed by atoms with Crippen molar-refractivity contribution in [3.63, 3.8) is 0 Å². The van der Waals surface area contributed by atoms with Crippen LogP contribution in [0.2, 0.25) is 0 Å². The molecule has 1 aromatic rings. The summed E-state index contributed by atoms with van der Waals surface area (Å²) in [5.74, 6) is 0. The van der Waals surface area contributed by atoms with Gasteiger partial charge in [0.2, 0.25) is 0 Å². The van der Waals surface area contributed by atoms with E-state index in [1.807, 2.05) is 0 Å². The Morgan fingerprint density at radius 1 is 1.35 bits per heavy atom. The summed E-state index contributed by atoms with van der Waals surface area (Å²) in [4.78, 5) is 10.8. The zero-order chi connectivity index (χ0) is 11.8. The summed E-state index contributed by atoms with van der Waals surface area (Å²) >= 11 is 0. The maximum absolute atomic E-state index is 12.4. The molecule has 1 aliphatic rings. The number of cyclic esters (lactones) is 1. The molecule has 0 spiro atoms. The Balaban J connectivity index is 0.00000144. The van der Waals surface area contributed by atoms with E-state index in [0.717, 1.165) is 12.1 Å². The van der Waals surface area contributed by atoms with Gasteiger partial charge in [0, 0.05) is 0 Å². The van der Waals surface area contributed by atoms with Crippen LogP contribution in [-0.2, 0) is 10.9 Å². The third-order valence-corrected chi connectivity index (χ3v) is 2.29. The van der Waals surface area contributed by atoms with Crippen LogP contribution in [0.5, 0.6) is 0 Å². The van der Waals surface area contributed by atoms with Gasteiger partial charge in [0.25, 0.3) is 0 Å². The number of halogens is 4. The lowest BCUT2D eigenvalue weighted by Gasteiger charge is -2.11. The molecule has 0 radical (unpaired) electrons. The SMILES string of the molecule is Cl.O=C1N[C@H](c2cccc(C(F)(F)F)c2)CO1. The second-order valence-electron chi connectivity index (χ2n) is 3.42. The lowest BCUT2D eigenvalue weighted by Crippen LogP contribution is -2.18. The number of amides is 1. The molecular formula is C10H9ClF3NO2. The summed E-state index contributed by atoms with van der Waals surface area (Å²) < 4.78 is 41.9. The Kier molecular flexibility index (Phi) is 3.87. The summed E-state index contributed by atoms with van der Waals surface area (Å²) in [7, 11) is 0. The van der Waals surface area contributed by atoms with Gasteiger partial charge in [-0.1, -0.05) is 12.1 Å². The van der Waals surface area contributed by atoms with Gasteiger partial charge in [-0.2, -0.15) is 13.2 Å².